The summed E-state index contributed by atoms with van der Waals surface area (Å²) in [7, 11) is 0. The van der Waals surface area contributed by atoms with Crippen LogP contribution in [0.4, 0.5) is 11.4 Å². The molecular weight excluding hydrogens is 1490 g/mol. The molecule has 3 fully saturated rings. The molecule has 4 aliphatic rings. The van der Waals surface area contributed by atoms with Crippen molar-refractivity contribution in [1.82, 2.24) is 0 Å². The number of hydrogen-bond acceptors (Lipinski definition) is 16. The number of epoxide rings is 1. The van der Waals surface area contributed by atoms with Crippen LogP contribution < -0.4 is 24.4 Å². The molecule has 1 saturated heterocycles. The van der Waals surface area contributed by atoms with Gasteiger partial charge in [-0.05, 0) is 231 Å². The lowest BCUT2D eigenvalue weighted by Gasteiger charge is -2.26. The maximum absolute atomic E-state index is 14.2. The number of nitrogens with one attached hydrogen (secondary N) is 1. The van der Waals surface area contributed by atoms with Crippen LogP contribution in [-0.2, 0) is 83.3 Å². The minimum atomic E-state index is -0.429. The number of unbranched alkanes of at least 4 members (excludes halogenated alkanes) is 2. The normalized spacial score (nSPS) is 17.2. The van der Waals surface area contributed by atoms with Crippen molar-refractivity contribution in [1.29, 1.82) is 0 Å². The Bertz CT molecular complexity index is 5180. The third-order valence-electron chi connectivity index (χ3n) is 22.2. The Kier molecular flexibility index (Phi) is 28.7. The molecule has 116 heavy (non-hydrogen) atoms. The van der Waals surface area contributed by atoms with E-state index >= 15 is 0 Å². The van der Waals surface area contributed by atoms with E-state index in [9.17, 15) is 19.2 Å². The van der Waals surface area contributed by atoms with Crippen LogP contribution in [0.1, 0.15) is 159 Å². The molecule has 0 spiro atoms. The zero-order valence-corrected chi connectivity index (χ0v) is 67.9. The molecule has 596 valence electrons. The number of anilines is 1. The molecule has 2 aliphatic carbocycles. The Morgan fingerprint density at radius 3 is 1.87 bits per heavy atom. The Morgan fingerprint density at radius 1 is 0.560 bits per heavy atom. The number of esters is 4. The predicted octanol–water partition coefficient (Wildman–Crippen LogP) is 22.5. The van der Waals surface area contributed by atoms with Crippen molar-refractivity contribution in [3.8, 4) is 23.0 Å². The molecule has 2 heterocycles. The van der Waals surface area contributed by atoms with E-state index in [-0.39, 0.29) is 49.4 Å². The van der Waals surface area contributed by atoms with Crippen molar-refractivity contribution < 1.29 is 57.1 Å². The number of fused-ring (bicyclic) bond motifs is 4. The van der Waals surface area contributed by atoms with Crippen LogP contribution in [0.25, 0.3) is 32.0 Å². The van der Waals surface area contributed by atoms with Gasteiger partial charge in [0.15, 0.2) is 5.69 Å². The summed E-state index contributed by atoms with van der Waals surface area (Å²) in [6.45, 7) is 17.9. The van der Waals surface area contributed by atoms with Gasteiger partial charge in [-0.2, -0.15) is 5.10 Å². The van der Waals surface area contributed by atoms with E-state index in [0.29, 0.717) is 117 Å². The smallest absolute Gasteiger partial charge is 0.333 e. The summed E-state index contributed by atoms with van der Waals surface area (Å²) in [6.07, 6.45) is 18.5. The average molecular weight is 1590 g/mol. The predicted molar refractivity (Wildman–Crippen MR) is 462 cm³/mol. The van der Waals surface area contributed by atoms with Gasteiger partial charge in [-0.25, -0.2) is 9.64 Å². The summed E-state index contributed by atoms with van der Waals surface area (Å²) < 4.78 is 49.0. The first-order valence-electron chi connectivity index (χ1n) is 41.1. The molecule has 10 aromatic carbocycles. The summed E-state index contributed by atoms with van der Waals surface area (Å²) in [5.41, 5.74) is 17.0. The fraction of sp³-hybridized carbons (Fsp3) is 0.333. The molecule has 0 amide bonds. The zero-order chi connectivity index (χ0) is 80.0. The van der Waals surface area contributed by atoms with Crippen molar-refractivity contribution in [2.24, 2.45) is 22.9 Å². The standard InChI is InChI=1S/C99H101N3O12S2/c1-5-15-67-30-37-75(38-31-67)92(76-45-47-82(100-4)48-46-76)99-115-94-88(53-54-89(95(94)116-99)113-91(103)55-36-71-33-50-84(51-34-71)108-59-14-56-107-64-73-35-52-87-90(60-73)112-87)111-65-72-28-26-69(27-29-72)17-7-6-16-68-22-24-70(25-23-68)32-39-80-61-81(63-101-102-83-49-44-74-18-8-9-19-79(74)62-83)93(86-21-11-10-20-85(80)86)114-98(106)78-42-40-77(41-43-78)97(105)110-58-13-12-57-109-96(104)66(2)3/h8-11,18-31,33-34,37-38,44-51,53-54,61-63,73,77-78,87,90,102H,2,5-7,12-17,32,35-36,39-43,52,55-60,64-65H2,1,3H3/b99-92+,101-63+. The molecule has 1 N–H and O–H groups in total. The minimum Gasteiger partial charge on any atom is -0.494 e. The lowest BCUT2D eigenvalue weighted by Crippen LogP contribution is -2.29. The minimum absolute atomic E-state index is 0.196. The van der Waals surface area contributed by atoms with Gasteiger partial charge in [0.1, 0.15) is 29.6 Å². The van der Waals surface area contributed by atoms with E-state index in [1.165, 1.54) is 28.7 Å². The van der Waals surface area contributed by atoms with E-state index in [1.54, 1.807) is 36.7 Å². The average Bonchev–Trinajstić information content (AvgIpc) is 1.56. The Morgan fingerprint density at radius 2 is 1.17 bits per heavy atom. The third-order valence-corrected chi connectivity index (χ3v) is 24.8. The quantitative estimate of drug-likeness (QED) is 0.00565. The van der Waals surface area contributed by atoms with Gasteiger partial charge in [-0.1, -0.05) is 207 Å². The first kappa shape index (κ1) is 81.8. The molecule has 17 heteroatoms. The highest BCUT2D eigenvalue weighted by Crippen LogP contribution is 2.61. The van der Waals surface area contributed by atoms with Gasteiger partial charge in [0, 0.05) is 48.2 Å². The van der Waals surface area contributed by atoms with Crippen molar-refractivity contribution in [2.75, 3.05) is 38.5 Å². The molecule has 2 aliphatic heterocycles. The monoisotopic (exact) mass is 1590 g/mol. The lowest BCUT2D eigenvalue weighted by molar-refractivity contribution is -0.152. The molecule has 3 unspecified atom stereocenters. The molecule has 10 aromatic rings. The Labute approximate surface area is 689 Å². The number of thioether (sulfide) groups is 2. The number of carbonyl (C=O) groups excluding carboxylic acids is 4. The highest BCUT2D eigenvalue weighted by atomic mass is 32.2. The zero-order valence-electron chi connectivity index (χ0n) is 66.3. The number of benzene rings is 10. The summed E-state index contributed by atoms with van der Waals surface area (Å²) in [6, 6.07) is 70.5. The summed E-state index contributed by atoms with van der Waals surface area (Å²) in [4.78, 5) is 58.3. The number of hydrazone groups is 1. The van der Waals surface area contributed by atoms with Crippen LogP contribution in [0.3, 0.4) is 0 Å². The maximum Gasteiger partial charge on any atom is 0.333 e. The third kappa shape index (κ3) is 22.5. The second-order valence-electron chi connectivity index (χ2n) is 30.8. The highest BCUT2D eigenvalue weighted by molar-refractivity contribution is 8.25. The number of carbonyl (C=O) groups is 4. The molecule has 0 bridgehead atoms. The molecule has 0 aromatic heterocycles. The SMILES string of the molecule is [C-]#[N+]c1ccc(/C(=C2\Sc3c(OCc4ccc(CCCCc5ccc(CCc6cc(/C=N/Nc7ccc8ccccc8c7)c(OC(=O)C7CCC(C(=O)OCCCCOC(=O)C(=C)C)CC7)c7ccccc67)cc5)cc4)ccc(OC(=O)CCc4ccc(OCCCOCC5CCC6OC6C5)cc4)c3S2)c2ccc(CCC)cc2)cc1. The fourth-order valence-corrected chi connectivity index (χ4v) is 18.3. The van der Waals surface area contributed by atoms with Gasteiger partial charge in [0.2, 0.25) is 0 Å². The number of ether oxygens (including phenoxy) is 8. The van der Waals surface area contributed by atoms with Gasteiger partial charge in [-0.15, -0.1) is 0 Å². The second kappa shape index (κ2) is 40.7. The molecule has 2 saturated carbocycles. The van der Waals surface area contributed by atoms with Crippen molar-refractivity contribution in [3.63, 3.8) is 0 Å². The number of hydrogen-bond donors (Lipinski definition) is 1. The largest absolute Gasteiger partial charge is 0.494 e. The second-order valence-corrected chi connectivity index (χ2v) is 33.1. The van der Waals surface area contributed by atoms with Gasteiger partial charge >= 0.3 is 23.9 Å². The first-order valence-corrected chi connectivity index (χ1v) is 42.8. The van der Waals surface area contributed by atoms with E-state index < -0.39 is 5.97 Å². The molecular formula is C99H101N3O12S2. The topological polar surface area (TPSA) is 174 Å². The van der Waals surface area contributed by atoms with Crippen molar-refractivity contribution >= 4 is 92.1 Å². The summed E-state index contributed by atoms with van der Waals surface area (Å²) in [5, 5.41) is 8.77. The van der Waals surface area contributed by atoms with Crippen LogP contribution >= 0.6 is 23.5 Å². The van der Waals surface area contributed by atoms with E-state index in [4.69, 9.17) is 49.6 Å². The maximum atomic E-state index is 14.2. The molecule has 3 atom stereocenters. The molecule has 14 rings (SSSR count). The van der Waals surface area contributed by atoms with Gasteiger partial charge < -0.3 is 37.9 Å². The van der Waals surface area contributed by atoms with Gasteiger partial charge in [0.25, 0.3) is 0 Å². The van der Waals surface area contributed by atoms with Crippen LogP contribution in [0, 0.1) is 24.3 Å². The van der Waals surface area contributed by atoms with Crippen molar-refractivity contribution in [3.05, 3.63) is 290 Å². The Balaban J connectivity index is 0.579. The van der Waals surface area contributed by atoms with E-state index in [1.807, 2.05) is 97.1 Å². The fourth-order valence-electron chi connectivity index (χ4n) is 15.5. The van der Waals surface area contributed by atoms with Crippen molar-refractivity contribution in [2.45, 2.75) is 171 Å². The van der Waals surface area contributed by atoms with Crippen LogP contribution in [0.15, 0.2) is 238 Å². The van der Waals surface area contributed by atoms with Crippen LogP contribution in [-0.4, -0.2) is 75.3 Å². The van der Waals surface area contributed by atoms with Gasteiger partial charge in [0.05, 0.1) is 76.4 Å². The highest BCUT2D eigenvalue weighted by Gasteiger charge is 2.44. The van der Waals surface area contributed by atoms with E-state index in [2.05, 4.69) is 133 Å². The molecule has 0 radical (unpaired) electrons. The van der Waals surface area contributed by atoms with Gasteiger partial charge in [-0.3, -0.25) is 19.8 Å². The first-order chi connectivity index (χ1) is 56.8. The summed E-state index contributed by atoms with van der Waals surface area (Å²) >= 11 is 3.21. The Hall–Kier alpha value is -10.7. The van der Waals surface area contributed by atoms with E-state index in [0.717, 1.165) is 158 Å². The lowest BCUT2D eigenvalue weighted by atomic mass is 9.82. The number of nitrogens with zero attached hydrogens (tertiary/aromatic N) is 2. The van der Waals surface area contributed by atoms with Crippen LogP contribution in [0.2, 0.25) is 0 Å². The number of aryl methyl sites for hydroxylation is 6. The number of rotatable bonds is 38. The molecule has 15 nitrogen and oxygen atoms in total. The van der Waals surface area contributed by atoms with Crippen LogP contribution in [0.5, 0.6) is 23.0 Å². The summed E-state index contributed by atoms with van der Waals surface area (Å²) in [5.74, 6) is 1.01.